The van der Waals surface area contributed by atoms with Crippen LogP contribution in [0.25, 0.3) is 0 Å². The van der Waals surface area contributed by atoms with Crippen molar-refractivity contribution in [3.05, 3.63) is 21.9 Å². The van der Waals surface area contributed by atoms with Crippen molar-refractivity contribution in [2.45, 2.75) is 39.3 Å². The van der Waals surface area contributed by atoms with Gasteiger partial charge in [0, 0.05) is 24.0 Å². The minimum Gasteiger partial charge on any atom is -0.309 e. The third kappa shape index (κ3) is 3.54. The zero-order valence-electron chi connectivity index (χ0n) is 11.2. The van der Waals surface area contributed by atoms with E-state index in [1.165, 1.54) is 36.4 Å². The van der Waals surface area contributed by atoms with Crippen LogP contribution < -0.4 is 5.32 Å². The summed E-state index contributed by atoms with van der Waals surface area (Å²) < 4.78 is 0. The Hall–Kier alpha value is -0.380. The van der Waals surface area contributed by atoms with Crippen LogP contribution in [0.2, 0.25) is 0 Å². The fourth-order valence-corrected chi connectivity index (χ4v) is 3.48. The van der Waals surface area contributed by atoms with Gasteiger partial charge in [-0.2, -0.15) is 0 Å². The number of nitrogens with zero attached hydrogens (tertiary/aromatic N) is 1. The number of rotatable bonds is 4. The van der Waals surface area contributed by atoms with Crippen molar-refractivity contribution in [3.63, 3.8) is 0 Å². The van der Waals surface area contributed by atoms with Gasteiger partial charge in [-0.25, -0.2) is 0 Å². The summed E-state index contributed by atoms with van der Waals surface area (Å²) in [7, 11) is 2.24. The SMILES string of the molecule is Cc1ccsc1CNC(C)C1CCCN(C)C1. The van der Waals surface area contributed by atoms with Crippen molar-refractivity contribution in [2.24, 2.45) is 5.92 Å². The topological polar surface area (TPSA) is 15.3 Å². The van der Waals surface area contributed by atoms with Crippen LogP contribution in [0.4, 0.5) is 0 Å². The Labute approximate surface area is 109 Å². The van der Waals surface area contributed by atoms with E-state index >= 15 is 0 Å². The molecule has 2 nitrogen and oxygen atoms in total. The van der Waals surface area contributed by atoms with Crippen LogP contribution in [0.15, 0.2) is 11.4 Å². The molecule has 0 aromatic carbocycles. The molecule has 0 bridgehead atoms. The van der Waals surface area contributed by atoms with Gasteiger partial charge in [0.25, 0.3) is 0 Å². The smallest absolute Gasteiger partial charge is 0.0304 e. The summed E-state index contributed by atoms with van der Waals surface area (Å²) in [5.74, 6) is 0.814. The van der Waals surface area contributed by atoms with E-state index in [1.54, 1.807) is 0 Å². The summed E-state index contributed by atoms with van der Waals surface area (Å²) in [5, 5.41) is 5.89. The predicted molar refractivity (Wildman–Crippen MR) is 75.6 cm³/mol. The highest BCUT2D eigenvalue weighted by Crippen LogP contribution is 2.20. The molecule has 17 heavy (non-hydrogen) atoms. The van der Waals surface area contributed by atoms with E-state index in [2.05, 4.69) is 42.6 Å². The molecule has 1 saturated heterocycles. The molecule has 2 atom stereocenters. The van der Waals surface area contributed by atoms with Gasteiger partial charge < -0.3 is 10.2 Å². The molecule has 0 saturated carbocycles. The van der Waals surface area contributed by atoms with E-state index in [9.17, 15) is 0 Å². The lowest BCUT2D eigenvalue weighted by Gasteiger charge is -2.34. The highest BCUT2D eigenvalue weighted by atomic mass is 32.1. The standard InChI is InChI=1S/C14H24N2S/c1-11-6-8-17-14(11)9-15-12(2)13-5-4-7-16(3)10-13/h6,8,12-13,15H,4-5,7,9-10H2,1-3H3. The summed E-state index contributed by atoms with van der Waals surface area (Å²) in [5.41, 5.74) is 1.43. The first-order valence-electron chi connectivity index (χ1n) is 6.61. The van der Waals surface area contributed by atoms with E-state index < -0.39 is 0 Å². The third-order valence-corrected chi connectivity index (χ3v) is 4.94. The number of piperidine rings is 1. The second-order valence-electron chi connectivity index (χ2n) is 5.36. The first kappa shape index (κ1) is 13.1. The highest BCUT2D eigenvalue weighted by Gasteiger charge is 2.22. The first-order chi connectivity index (χ1) is 8.16. The molecule has 0 amide bonds. The summed E-state index contributed by atoms with van der Waals surface area (Å²) in [6, 6.07) is 2.83. The van der Waals surface area contributed by atoms with Crippen molar-refractivity contribution in [1.82, 2.24) is 10.2 Å². The van der Waals surface area contributed by atoms with Crippen LogP contribution in [0.1, 0.15) is 30.2 Å². The van der Waals surface area contributed by atoms with Gasteiger partial charge in [-0.1, -0.05) is 0 Å². The fraction of sp³-hybridized carbons (Fsp3) is 0.714. The Morgan fingerprint density at radius 2 is 2.41 bits per heavy atom. The van der Waals surface area contributed by atoms with Crippen molar-refractivity contribution in [3.8, 4) is 0 Å². The van der Waals surface area contributed by atoms with Gasteiger partial charge >= 0.3 is 0 Å². The number of hydrogen-bond acceptors (Lipinski definition) is 3. The molecule has 0 radical (unpaired) electrons. The molecule has 2 rings (SSSR count). The van der Waals surface area contributed by atoms with Gasteiger partial charge in [0.1, 0.15) is 0 Å². The number of thiophene rings is 1. The van der Waals surface area contributed by atoms with E-state index in [4.69, 9.17) is 0 Å². The lowest BCUT2D eigenvalue weighted by molar-refractivity contribution is 0.178. The van der Waals surface area contributed by atoms with E-state index in [1.807, 2.05) is 11.3 Å². The molecule has 2 heterocycles. The van der Waals surface area contributed by atoms with Crippen LogP contribution >= 0.6 is 11.3 Å². The number of likely N-dealkylation sites (tertiary alicyclic amines) is 1. The predicted octanol–water partition coefficient (Wildman–Crippen LogP) is 2.88. The van der Waals surface area contributed by atoms with Crippen molar-refractivity contribution in [2.75, 3.05) is 20.1 Å². The molecule has 2 unspecified atom stereocenters. The van der Waals surface area contributed by atoms with E-state index in [0.717, 1.165) is 12.5 Å². The molecular formula is C14H24N2S. The summed E-state index contributed by atoms with van der Waals surface area (Å²) in [6.07, 6.45) is 2.73. The van der Waals surface area contributed by atoms with Gasteiger partial charge in [-0.05, 0) is 63.2 Å². The van der Waals surface area contributed by atoms with Crippen molar-refractivity contribution >= 4 is 11.3 Å². The van der Waals surface area contributed by atoms with Crippen LogP contribution in [0.3, 0.4) is 0 Å². The number of hydrogen-bond donors (Lipinski definition) is 1. The minimum absolute atomic E-state index is 0.624. The maximum absolute atomic E-state index is 3.70. The zero-order chi connectivity index (χ0) is 12.3. The van der Waals surface area contributed by atoms with Crippen LogP contribution in [0.5, 0.6) is 0 Å². The van der Waals surface area contributed by atoms with Crippen molar-refractivity contribution in [1.29, 1.82) is 0 Å². The van der Waals surface area contributed by atoms with Crippen LogP contribution in [-0.2, 0) is 6.54 Å². The Morgan fingerprint density at radius 3 is 3.06 bits per heavy atom. The lowest BCUT2D eigenvalue weighted by atomic mass is 9.92. The second-order valence-corrected chi connectivity index (χ2v) is 6.36. The Bertz CT molecular complexity index is 348. The Kier molecular flexibility index (Phi) is 4.60. The summed E-state index contributed by atoms with van der Waals surface area (Å²) in [4.78, 5) is 3.95. The second kappa shape index (κ2) is 5.98. The van der Waals surface area contributed by atoms with Gasteiger partial charge in [-0.15, -0.1) is 11.3 Å². The van der Waals surface area contributed by atoms with E-state index in [0.29, 0.717) is 6.04 Å². The molecule has 1 aliphatic heterocycles. The lowest BCUT2D eigenvalue weighted by Crippen LogP contribution is -2.42. The van der Waals surface area contributed by atoms with Crippen LogP contribution in [-0.4, -0.2) is 31.1 Å². The number of nitrogens with one attached hydrogen (secondary N) is 1. The van der Waals surface area contributed by atoms with Gasteiger partial charge in [0.2, 0.25) is 0 Å². The largest absolute Gasteiger partial charge is 0.309 e. The third-order valence-electron chi connectivity index (χ3n) is 3.92. The molecule has 0 spiro atoms. The maximum Gasteiger partial charge on any atom is 0.0304 e. The summed E-state index contributed by atoms with van der Waals surface area (Å²) in [6.45, 7) is 8.09. The molecule has 0 aliphatic carbocycles. The highest BCUT2D eigenvalue weighted by molar-refractivity contribution is 7.10. The van der Waals surface area contributed by atoms with Gasteiger partial charge in [0.15, 0.2) is 0 Å². The average Bonchev–Trinajstić information content (AvgIpc) is 2.72. The molecule has 96 valence electrons. The van der Waals surface area contributed by atoms with Gasteiger partial charge in [-0.3, -0.25) is 0 Å². The van der Waals surface area contributed by atoms with Crippen LogP contribution in [0, 0.1) is 12.8 Å². The molecule has 1 N–H and O–H groups in total. The molecule has 3 heteroatoms. The zero-order valence-corrected chi connectivity index (χ0v) is 12.0. The van der Waals surface area contributed by atoms with Gasteiger partial charge in [0.05, 0.1) is 0 Å². The molecular weight excluding hydrogens is 228 g/mol. The summed E-state index contributed by atoms with van der Waals surface area (Å²) >= 11 is 1.87. The molecule has 1 aromatic rings. The quantitative estimate of drug-likeness (QED) is 0.886. The first-order valence-corrected chi connectivity index (χ1v) is 7.49. The average molecular weight is 252 g/mol. The Balaban J connectivity index is 1.80. The Morgan fingerprint density at radius 1 is 1.59 bits per heavy atom. The number of aryl methyl sites for hydroxylation is 1. The molecule has 1 aliphatic rings. The fourth-order valence-electron chi connectivity index (χ4n) is 2.62. The minimum atomic E-state index is 0.624. The van der Waals surface area contributed by atoms with E-state index in [-0.39, 0.29) is 0 Å². The molecule has 1 aromatic heterocycles. The van der Waals surface area contributed by atoms with Crippen molar-refractivity contribution < 1.29 is 0 Å². The molecule has 1 fully saturated rings. The maximum atomic E-state index is 3.70. The normalized spacial score (nSPS) is 23.8. The monoisotopic (exact) mass is 252 g/mol.